The molecule has 0 saturated carbocycles. The average Bonchev–Trinajstić information content (AvgIpc) is 2.54. The minimum absolute atomic E-state index is 0. The average molecular weight is 371 g/mol. The molecule has 3 nitrogen and oxygen atoms in total. The maximum absolute atomic E-state index is 12.9. The Labute approximate surface area is 145 Å². The van der Waals surface area contributed by atoms with E-state index in [0.717, 1.165) is 44.6 Å². The summed E-state index contributed by atoms with van der Waals surface area (Å²) in [6.45, 7) is 5.78. The van der Waals surface area contributed by atoms with Crippen LogP contribution in [0.2, 0.25) is 0 Å². The molecule has 1 fully saturated rings. The van der Waals surface area contributed by atoms with Crippen molar-refractivity contribution in [1.82, 2.24) is 10.2 Å². The van der Waals surface area contributed by atoms with Crippen LogP contribution in [-0.4, -0.2) is 43.6 Å². The summed E-state index contributed by atoms with van der Waals surface area (Å²) in [7, 11) is 0. The van der Waals surface area contributed by atoms with Gasteiger partial charge in [0.05, 0.1) is 0 Å². The van der Waals surface area contributed by atoms with Crippen LogP contribution in [-0.2, 0) is 0 Å². The van der Waals surface area contributed by atoms with Crippen molar-refractivity contribution in [2.24, 2.45) is 0 Å². The van der Waals surface area contributed by atoms with Crippen molar-refractivity contribution >= 4 is 12.4 Å². The van der Waals surface area contributed by atoms with Gasteiger partial charge in [0, 0.05) is 32.2 Å². The van der Waals surface area contributed by atoms with E-state index >= 15 is 0 Å². The number of ether oxygens (including phenoxy) is 1. The first-order chi connectivity index (χ1) is 10.9. The van der Waals surface area contributed by atoms with Crippen LogP contribution < -0.4 is 10.1 Å². The quantitative estimate of drug-likeness (QED) is 0.732. The second kappa shape index (κ2) is 9.44. The summed E-state index contributed by atoms with van der Waals surface area (Å²) < 4.78 is 54.3. The molecule has 0 aromatic heterocycles. The van der Waals surface area contributed by atoms with Gasteiger partial charge in [-0.3, -0.25) is 4.90 Å². The Balaban J connectivity index is 0.00000288. The molecule has 1 aliphatic rings. The molecule has 1 heterocycles. The van der Waals surface area contributed by atoms with Crippen molar-refractivity contribution in [3.05, 3.63) is 29.8 Å². The Kier molecular flexibility index (Phi) is 8.26. The zero-order valence-corrected chi connectivity index (χ0v) is 14.3. The summed E-state index contributed by atoms with van der Waals surface area (Å²) in [5, 5.41) is 3.29. The fraction of sp³-hybridized carbons (Fsp3) is 0.625. The third-order valence-corrected chi connectivity index (χ3v) is 3.93. The SMILES string of the molecule is CCC[C@@H](c1ccc(OC(F)(F)C(F)F)cc1)N1CCNCC1.Cl. The van der Waals surface area contributed by atoms with Gasteiger partial charge in [-0.2, -0.15) is 17.6 Å². The fourth-order valence-electron chi connectivity index (χ4n) is 2.79. The summed E-state index contributed by atoms with van der Waals surface area (Å²) in [5.74, 6) is -0.255. The number of rotatable bonds is 7. The molecule has 0 bridgehead atoms. The van der Waals surface area contributed by atoms with Crippen LogP contribution in [0.4, 0.5) is 17.6 Å². The zero-order valence-electron chi connectivity index (χ0n) is 13.5. The van der Waals surface area contributed by atoms with E-state index in [0.29, 0.717) is 0 Å². The monoisotopic (exact) mass is 370 g/mol. The standard InChI is InChI=1S/C16H22F4N2O.ClH/c1-2-3-14(22-10-8-21-9-11-22)12-4-6-13(7-5-12)23-16(19,20)15(17)18;/h4-7,14-15,21H,2-3,8-11H2,1H3;1H/t14-;/m0./s1. The second-order valence-corrected chi connectivity index (χ2v) is 5.62. The largest absolute Gasteiger partial charge is 0.461 e. The number of halogens is 5. The van der Waals surface area contributed by atoms with Crippen LogP contribution in [0, 0.1) is 0 Å². The number of hydrogen-bond donors (Lipinski definition) is 1. The highest BCUT2D eigenvalue weighted by Crippen LogP contribution is 2.31. The van der Waals surface area contributed by atoms with E-state index in [1.165, 1.54) is 12.1 Å². The van der Waals surface area contributed by atoms with Crippen LogP contribution in [0.25, 0.3) is 0 Å². The predicted octanol–water partition coefficient (Wildman–Crippen LogP) is 4.09. The maximum Gasteiger partial charge on any atom is 0.461 e. The first-order valence-electron chi connectivity index (χ1n) is 7.83. The van der Waals surface area contributed by atoms with Crippen molar-refractivity contribution < 1.29 is 22.3 Å². The first kappa shape index (κ1) is 21.0. The van der Waals surface area contributed by atoms with E-state index in [4.69, 9.17) is 0 Å². The number of alkyl halides is 4. The molecule has 1 aliphatic heterocycles. The van der Waals surface area contributed by atoms with Gasteiger partial charge in [-0.1, -0.05) is 25.5 Å². The number of nitrogens with zero attached hydrogens (tertiary/aromatic N) is 1. The van der Waals surface area contributed by atoms with E-state index in [-0.39, 0.29) is 24.2 Å². The maximum atomic E-state index is 12.9. The number of benzene rings is 1. The first-order valence-corrected chi connectivity index (χ1v) is 7.83. The second-order valence-electron chi connectivity index (χ2n) is 5.62. The molecule has 2 rings (SSSR count). The van der Waals surface area contributed by atoms with Crippen LogP contribution in [0.5, 0.6) is 5.75 Å². The van der Waals surface area contributed by atoms with Gasteiger partial charge in [-0.05, 0) is 24.1 Å². The van der Waals surface area contributed by atoms with Gasteiger partial charge < -0.3 is 10.1 Å². The van der Waals surface area contributed by atoms with Gasteiger partial charge >= 0.3 is 12.5 Å². The van der Waals surface area contributed by atoms with Crippen molar-refractivity contribution in [2.45, 2.75) is 38.3 Å². The van der Waals surface area contributed by atoms with Crippen LogP contribution in [0.15, 0.2) is 24.3 Å². The Morgan fingerprint density at radius 2 is 1.75 bits per heavy atom. The van der Waals surface area contributed by atoms with E-state index in [1.54, 1.807) is 12.1 Å². The van der Waals surface area contributed by atoms with E-state index < -0.39 is 12.5 Å². The van der Waals surface area contributed by atoms with Crippen molar-refractivity contribution in [3.63, 3.8) is 0 Å². The molecule has 0 radical (unpaired) electrons. The molecule has 0 spiro atoms. The van der Waals surface area contributed by atoms with Gasteiger partial charge in [0.15, 0.2) is 0 Å². The van der Waals surface area contributed by atoms with Gasteiger partial charge in [0.25, 0.3) is 0 Å². The molecule has 0 amide bonds. The summed E-state index contributed by atoms with van der Waals surface area (Å²) in [5.41, 5.74) is 0.987. The molecule has 138 valence electrons. The van der Waals surface area contributed by atoms with E-state index in [9.17, 15) is 17.6 Å². The third-order valence-electron chi connectivity index (χ3n) is 3.93. The molecular formula is C16H23ClF4N2O. The minimum atomic E-state index is -4.47. The van der Waals surface area contributed by atoms with Gasteiger partial charge in [0.1, 0.15) is 5.75 Å². The number of piperazine rings is 1. The number of hydrogen-bond acceptors (Lipinski definition) is 3. The molecule has 0 unspecified atom stereocenters. The van der Waals surface area contributed by atoms with Crippen LogP contribution in [0.3, 0.4) is 0 Å². The Morgan fingerprint density at radius 3 is 2.25 bits per heavy atom. The third kappa shape index (κ3) is 5.50. The highest BCUT2D eigenvalue weighted by molar-refractivity contribution is 5.85. The van der Waals surface area contributed by atoms with Crippen molar-refractivity contribution in [3.8, 4) is 5.75 Å². The topological polar surface area (TPSA) is 24.5 Å². The van der Waals surface area contributed by atoms with E-state index in [2.05, 4.69) is 21.9 Å². The van der Waals surface area contributed by atoms with Gasteiger partial charge in [-0.15, -0.1) is 12.4 Å². The van der Waals surface area contributed by atoms with Gasteiger partial charge in [0.2, 0.25) is 0 Å². The molecule has 1 saturated heterocycles. The molecule has 8 heteroatoms. The molecule has 1 N–H and O–H groups in total. The highest BCUT2D eigenvalue weighted by atomic mass is 35.5. The number of nitrogens with one attached hydrogen (secondary N) is 1. The fourth-order valence-corrected chi connectivity index (χ4v) is 2.79. The van der Waals surface area contributed by atoms with Gasteiger partial charge in [-0.25, -0.2) is 0 Å². The van der Waals surface area contributed by atoms with Crippen LogP contribution in [0.1, 0.15) is 31.4 Å². The van der Waals surface area contributed by atoms with E-state index in [1.807, 2.05) is 0 Å². The minimum Gasteiger partial charge on any atom is -0.428 e. The predicted molar refractivity (Wildman–Crippen MR) is 87.4 cm³/mol. The Bertz CT molecular complexity index is 481. The lowest BCUT2D eigenvalue weighted by Gasteiger charge is -2.35. The van der Waals surface area contributed by atoms with Crippen molar-refractivity contribution in [2.75, 3.05) is 26.2 Å². The molecule has 0 aliphatic carbocycles. The highest BCUT2D eigenvalue weighted by Gasteiger charge is 2.43. The lowest BCUT2D eigenvalue weighted by atomic mass is 10.00. The van der Waals surface area contributed by atoms with Crippen molar-refractivity contribution in [1.29, 1.82) is 0 Å². The molecule has 1 aromatic carbocycles. The summed E-state index contributed by atoms with van der Waals surface area (Å²) in [4.78, 5) is 2.35. The normalized spacial score (nSPS) is 17.4. The molecular weight excluding hydrogens is 348 g/mol. The summed E-state index contributed by atoms with van der Waals surface area (Å²) in [6.07, 6.45) is -6.37. The lowest BCUT2D eigenvalue weighted by molar-refractivity contribution is -0.253. The summed E-state index contributed by atoms with van der Waals surface area (Å²) >= 11 is 0. The Hall–Kier alpha value is -1.05. The molecule has 24 heavy (non-hydrogen) atoms. The lowest BCUT2D eigenvalue weighted by Crippen LogP contribution is -2.45. The van der Waals surface area contributed by atoms with Crippen LogP contribution >= 0.6 is 12.4 Å². The Morgan fingerprint density at radius 1 is 1.17 bits per heavy atom. The molecule has 1 atom stereocenters. The zero-order chi connectivity index (χ0) is 16.9. The smallest absolute Gasteiger partial charge is 0.428 e. The molecule has 1 aromatic rings. The summed E-state index contributed by atoms with van der Waals surface area (Å²) in [6, 6.07) is 6.22.